The first-order chi connectivity index (χ1) is 13.7. The molecule has 0 unspecified atom stereocenters. The Morgan fingerprint density at radius 2 is 1.93 bits per heavy atom. The minimum atomic E-state index is 0.0349. The molecule has 3 heterocycles. The molecular weight excluding hydrogens is 350 g/mol. The van der Waals surface area contributed by atoms with Crippen LogP contribution in [-0.2, 0) is 19.9 Å². The zero-order valence-electron chi connectivity index (χ0n) is 15.4. The van der Waals surface area contributed by atoms with Crippen LogP contribution in [0.4, 0.5) is 0 Å². The zero-order chi connectivity index (χ0) is 19.1. The van der Waals surface area contributed by atoms with Gasteiger partial charge in [0.15, 0.2) is 5.78 Å². The van der Waals surface area contributed by atoms with E-state index in [4.69, 9.17) is 0 Å². The Hall–Kier alpha value is -3.67. The highest BCUT2D eigenvalue weighted by Crippen LogP contribution is 2.26. The summed E-state index contributed by atoms with van der Waals surface area (Å²) in [6.45, 7) is 0. The number of benzene rings is 2. The van der Waals surface area contributed by atoms with Crippen LogP contribution in [-0.4, -0.2) is 30.7 Å². The highest BCUT2D eigenvalue weighted by molar-refractivity contribution is 6.03. The third-order valence-electron chi connectivity index (χ3n) is 5.15. The SMILES string of the molecule is Cn1nccc1Cc1[nH][nH]c2cc3nc(C(=O)Cc4ccccc4)cc3cc12. The third-order valence-corrected chi connectivity index (χ3v) is 5.15. The van der Waals surface area contributed by atoms with E-state index in [1.165, 1.54) is 0 Å². The van der Waals surface area contributed by atoms with E-state index in [2.05, 4.69) is 26.3 Å². The van der Waals surface area contributed by atoms with Gasteiger partial charge in [0.05, 0.1) is 11.0 Å². The number of hydrogen-bond donors (Lipinski definition) is 2. The van der Waals surface area contributed by atoms with Gasteiger partial charge in [0, 0.05) is 48.2 Å². The molecule has 3 aromatic heterocycles. The van der Waals surface area contributed by atoms with Crippen LogP contribution in [0.1, 0.15) is 27.4 Å². The van der Waals surface area contributed by atoms with Crippen molar-refractivity contribution in [3.8, 4) is 0 Å². The highest BCUT2D eigenvalue weighted by Gasteiger charge is 2.14. The van der Waals surface area contributed by atoms with Crippen LogP contribution in [0, 0.1) is 0 Å². The summed E-state index contributed by atoms with van der Waals surface area (Å²) < 4.78 is 1.87. The van der Waals surface area contributed by atoms with E-state index in [1.807, 2.05) is 60.3 Å². The molecule has 0 spiro atoms. The van der Waals surface area contributed by atoms with Gasteiger partial charge in [-0.25, -0.2) is 4.98 Å². The first kappa shape index (κ1) is 16.5. The number of Topliss-reactive ketones (excluding diaryl/α,β-unsaturated/α-hetero) is 1. The summed E-state index contributed by atoms with van der Waals surface area (Å²) in [6, 6.07) is 17.8. The van der Waals surface area contributed by atoms with Gasteiger partial charge >= 0.3 is 0 Å². The Morgan fingerprint density at radius 3 is 2.71 bits per heavy atom. The molecule has 0 bridgehead atoms. The quantitative estimate of drug-likeness (QED) is 0.463. The number of rotatable bonds is 5. The topological polar surface area (TPSA) is 79.4 Å². The average Bonchev–Trinajstić information content (AvgIpc) is 3.40. The fourth-order valence-electron chi connectivity index (χ4n) is 3.60. The molecule has 0 amide bonds. The van der Waals surface area contributed by atoms with E-state index in [-0.39, 0.29) is 5.78 Å². The monoisotopic (exact) mass is 369 g/mol. The lowest BCUT2D eigenvalue weighted by Gasteiger charge is -2.00. The van der Waals surface area contributed by atoms with Crippen LogP contribution in [0.3, 0.4) is 0 Å². The maximum Gasteiger partial charge on any atom is 0.185 e. The molecule has 6 heteroatoms. The molecule has 2 aromatic carbocycles. The van der Waals surface area contributed by atoms with E-state index in [0.717, 1.165) is 45.2 Å². The van der Waals surface area contributed by atoms with Gasteiger partial charge in [-0.3, -0.25) is 9.48 Å². The number of aryl methyl sites for hydroxylation is 1. The molecule has 0 aliphatic rings. The van der Waals surface area contributed by atoms with Crippen LogP contribution in [0.5, 0.6) is 0 Å². The summed E-state index contributed by atoms with van der Waals surface area (Å²) in [5.74, 6) is 0.0349. The molecule has 138 valence electrons. The molecule has 0 fully saturated rings. The number of aromatic nitrogens is 5. The minimum Gasteiger partial charge on any atom is -0.304 e. The van der Waals surface area contributed by atoms with Crippen molar-refractivity contribution in [3.63, 3.8) is 0 Å². The van der Waals surface area contributed by atoms with Gasteiger partial charge in [-0.05, 0) is 29.8 Å². The summed E-state index contributed by atoms with van der Waals surface area (Å²) in [5.41, 5.74) is 5.52. The van der Waals surface area contributed by atoms with Crippen molar-refractivity contribution in [1.29, 1.82) is 0 Å². The maximum absolute atomic E-state index is 12.6. The molecule has 0 saturated heterocycles. The van der Waals surface area contributed by atoms with E-state index < -0.39 is 0 Å². The van der Waals surface area contributed by atoms with Gasteiger partial charge in [0.25, 0.3) is 0 Å². The Labute approximate surface area is 161 Å². The van der Waals surface area contributed by atoms with Crippen molar-refractivity contribution in [2.45, 2.75) is 12.8 Å². The standard InChI is InChI=1S/C22H19N5O/c1-27-16(7-8-23-27)12-19-17-10-15-11-21(24-18(15)13-20(17)26-25-19)22(28)9-14-5-3-2-4-6-14/h2-8,10-11,13,25-26H,9,12H2,1H3. The normalized spacial score (nSPS) is 11.5. The van der Waals surface area contributed by atoms with Gasteiger partial charge in [0.1, 0.15) is 5.69 Å². The number of hydrogen-bond acceptors (Lipinski definition) is 3. The number of ketones is 1. The summed E-state index contributed by atoms with van der Waals surface area (Å²) in [7, 11) is 1.94. The van der Waals surface area contributed by atoms with Crippen molar-refractivity contribution < 1.29 is 4.79 Å². The van der Waals surface area contributed by atoms with Gasteiger partial charge in [-0.2, -0.15) is 5.10 Å². The second kappa shape index (κ2) is 6.49. The molecule has 5 aromatic rings. The van der Waals surface area contributed by atoms with Crippen molar-refractivity contribution in [2.75, 3.05) is 0 Å². The van der Waals surface area contributed by atoms with Crippen molar-refractivity contribution in [3.05, 3.63) is 83.4 Å². The van der Waals surface area contributed by atoms with Crippen LogP contribution in [0.15, 0.2) is 60.8 Å². The fraction of sp³-hybridized carbons (Fsp3) is 0.136. The summed E-state index contributed by atoms with van der Waals surface area (Å²) in [6.07, 6.45) is 2.91. The summed E-state index contributed by atoms with van der Waals surface area (Å²) in [4.78, 5) is 17.2. The lowest BCUT2D eigenvalue weighted by molar-refractivity contribution is 0.0989. The number of carbonyl (C=O) groups is 1. The molecule has 0 atom stereocenters. The van der Waals surface area contributed by atoms with E-state index in [0.29, 0.717) is 12.1 Å². The van der Waals surface area contributed by atoms with E-state index in [1.54, 1.807) is 6.20 Å². The molecule has 6 nitrogen and oxygen atoms in total. The Bertz CT molecular complexity index is 1290. The molecule has 0 aliphatic carbocycles. The molecule has 28 heavy (non-hydrogen) atoms. The third kappa shape index (κ3) is 2.89. The van der Waals surface area contributed by atoms with Crippen LogP contribution < -0.4 is 0 Å². The number of nitrogens with one attached hydrogen (secondary N) is 2. The van der Waals surface area contributed by atoms with Gasteiger partial charge in [0.2, 0.25) is 0 Å². The number of nitrogens with zero attached hydrogens (tertiary/aromatic N) is 3. The van der Waals surface area contributed by atoms with Gasteiger partial charge < -0.3 is 10.2 Å². The van der Waals surface area contributed by atoms with Gasteiger partial charge in [-0.1, -0.05) is 30.3 Å². The molecule has 2 N–H and O–H groups in total. The van der Waals surface area contributed by atoms with Crippen molar-refractivity contribution in [2.24, 2.45) is 7.05 Å². The van der Waals surface area contributed by atoms with E-state index in [9.17, 15) is 4.79 Å². The molecular formula is C22H19N5O. The van der Waals surface area contributed by atoms with Crippen molar-refractivity contribution in [1.82, 2.24) is 25.0 Å². The first-order valence-corrected chi connectivity index (χ1v) is 9.21. The number of carbonyl (C=O) groups excluding carboxylic acids is 1. The van der Waals surface area contributed by atoms with Crippen LogP contribution in [0.2, 0.25) is 0 Å². The average molecular weight is 369 g/mol. The smallest absolute Gasteiger partial charge is 0.185 e. The number of fused-ring (bicyclic) bond motifs is 2. The lowest BCUT2D eigenvalue weighted by Crippen LogP contribution is -2.03. The Morgan fingerprint density at radius 1 is 1.07 bits per heavy atom. The predicted octanol–water partition coefficient (Wildman–Crippen LogP) is 3.79. The first-order valence-electron chi connectivity index (χ1n) is 9.21. The van der Waals surface area contributed by atoms with Crippen LogP contribution in [0.25, 0.3) is 21.8 Å². The Balaban J connectivity index is 1.49. The lowest BCUT2D eigenvalue weighted by atomic mass is 10.1. The van der Waals surface area contributed by atoms with E-state index >= 15 is 0 Å². The zero-order valence-corrected chi connectivity index (χ0v) is 15.4. The molecule has 0 aliphatic heterocycles. The number of aromatic amines is 2. The second-order valence-corrected chi connectivity index (χ2v) is 7.04. The summed E-state index contributed by atoms with van der Waals surface area (Å²) >= 11 is 0. The summed E-state index contributed by atoms with van der Waals surface area (Å²) in [5, 5.41) is 12.8. The second-order valence-electron chi connectivity index (χ2n) is 7.04. The predicted molar refractivity (Wildman–Crippen MR) is 108 cm³/mol. The highest BCUT2D eigenvalue weighted by atomic mass is 16.1. The largest absolute Gasteiger partial charge is 0.304 e. The fourth-order valence-corrected chi connectivity index (χ4v) is 3.60. The molecule has 5 rings (SSSR count). The van der Waals surface area contributed by atoms with Crippen molar-refractivity contribution >= 4 is 27.6 Å². The van der Waals surface area contributed by atoms with Gasteiger partial charge in [-0.15, -0.1) is 0 Å². The molecule has 0 saturated carbocycles. The Kier molecular flexibility index (Phi) is 3.83. The maximum atomic E-state index is 12.6. The van der Waals surface area contributed by atoms with Crippen LogP contribution >= 0.6 is 0 Å². The molecule has 0 radical (unpaired) electrons. The number of H-pyrrole nitrogens is 2. The minimum absolute atomic E-state index is 0.0349.